The Balaban J connectivity index is 0.00000280. The number of thiophene rings is 1. The molecule has 0 aliphatic carbocycles. The molecule has 0 spiro atoms. The van der Waals surface area contributed by atoms with Crippen LogP contribution >= 0.6 is 23.7 Å². The smallest absolute Gasteiger partial charge is 0.256 e. The van der Waals surface area contributed by atoms with Gasteiger partial charge in [-0.1, -0.05) is 26.0 Å². The van der Waals surface area contributed by atoms with Crippen molar-refractivity contribution in [1.29, 1.82) is 0 Å². The third-order valence-corrected chi connectivity index (χ3v) is 6.08. The Morgan fingerprint density at radius 3 is 2.43 bits per heavy atom. The minimum Gasteiger partial charge on any atom is -0.351 e. The monoisotopic (exact) mass is 421 g/mol. The van der Waals surface area contributed by atoms with Crippen LogP contribution < -0.4 is 16.0 Å². The highest BCUT2D eigenvalue weighted by molar-refractivity contribution is 7.14. The first-order valence-corrected chi connectivity index (χ1v) is 10.4. The number of nitrogens with one attached hydrogen (secondary N) is 3. The van der Waals surface area contributed by atoms with Crippen LogP contribution in [0.1, 0.15) is 53.0 Å². The van der Waals surface area contributed by atoms with Crippen molar-refractivity contribution in [1.82, 2.24) is 10.6 Å². The Kier molecular flexibility index (Phi) is 8.04. The number of halogens is 1. The fraction of sp³-hybridized carbons (Fsp3) is 0.429. The lowest BCUT2D eigenvalue weighted by atomic mass is 9.81. The Morgan fingerprint density at radius 1 is 1.11 bits per heavy atom. The molecule has 2 heterocycles. The summed E-state index contributed by atoms with van der Waals surface area (Å²) in [6.07, 6.45) is 3.04. The van der Waals surface area contributed by atoms with Gasteiger partial charge < -0.3 is 16.0 Å². The zero-order valence-electron chi connectivity index (χ0n) is 16.3. The van der Waals surface area contributed by atoms with E-state index in [4.69, 9.17) is 0 Å². The number of amides is 2. The molecule has 7 heteroatoms. The summed E-state index contributed by atoms with van der Waals surface area (Å²) >= 11 is 1.37. The molecule has 0 bridgehead atoms. The van der Waals surface area contributed by atoms with Gasteiger partial charge in [0, 0.05) is 12.1 Å². The van der Waals surface area contributed by atoms with E-state index >= 15 is 0 Å². The van der Waals surface area contributed by atoms with Gasteiger partial charge in [0.05, 0.1) is 5.56 Å². The summed E-state index contributed by atoms with van der Waals surface area (Å²) in [4.78, 5) is 25.1. The van der Waals surface area contributed by atoms with Crippen molar-refractivity contribution >= 4 is 40.6 Å². The topological polar surface area (TPSA) is 70.2 Å². The molecule has 3 N–H and O–H groups in total. The first-order valence-electron chi connectivity index (χ1n) is 9.47. The number of aryl methyl sites for hydroxylation is 1. The maximum atomic E-state index is 12.6. The van der Waals surface area contributed by atoms with E-state index in [0.29, 0.717) is 22.7 Å². The van der Waals surface area contributed by atoms with Gasteiger partial charge in [0.25, 0.3) is 11.8 Å². The molecule has 152 valence electrons. The Labute approximate surface area is 176 Å². The van der Waals surface area contributed by atoms with Crippen molar-refractivity contribution in [3.8, 4) is 0 Å². The first-order chi connectivity index (χ1) is 13.0. The molecule has 28 heavy (non-hydrogen) atoms. The number of carbonyl (C=O) groups excluding carboxylic acids is 2. The molecule has 0 atom stereocenters. The average molecular weight is 422 g/mol. The van der Waals surface area contributed by atoms with E-state index in [9.17, 15) is 9.59 Å². The molecule has 1 aromatic heterocycles. The summed E-state index contributed by atoms with van der Waals surface area (Å²) in [6.45, 7) is 6.92. The SMILES string of the molecule is CCc1ccc(C(=O)Nc2sccc2C(=O)NCC2(C)CCNCC2)cc1.Cl. The summed E-state index contributed by atoms with van der Waals surface area (Å²) in [5, 5.41) is 11.7. The number of benzene rings is 1. The zero-order chi connectivity index (χ0) is 19.3. The molecular weight excluding hydrogens is 394 g/mol. The second kappa shape index (κ2) is 10.0. The molecule has 1 fully saturated rings. The maximum absolute atomic E-state index is 12.6. The van der Waals surface area contributed by atoms with Gasteiger partial charge in [-0.25, -0.2) is 0 Å². The lowest BCUT2D eigenvalue weighted by Gasteiger charge is -2.34. The van der Waals surface area contributed by atoms with Gasteiger partial charge in [-0.2, -0.15) is 0 Å². The van der Waals surface area contributed by atoms with Gasteiger partial charge in [0.15, 0.2) is 0 Å². The fourth-order valence-corrected chi connectivity index (χ4v) is 4.03. The summed E-state index contributed by atoms with van der Waals surface area (Å²) in [6, 6.07) is 9.31. The number of hydrogen-bond donors (Lipinski definition) is 3. The van der Waals surface area contributed by atoms with Gasteiger partial charge in [-0.15, -0.1) is 23.7 Å². The van der Waals surface area contributed by atoms with Crippen molar-refractivity contribution in [2.75, 3.05) is 25.0 Å². The van der Waals surface area contributed by atoms with Crippen LogP contribution in [0.4, 0.5) is 5.00 Å². The molecule has 0 saturated carbocycles. The minimum absolute atomic E-state index is 0. The number of hydrogen-bond acceptors (Lipinski definition) is 4. The number of piperidine rings is 1. The standard InChI is InChI=1S/C21H27N3O2S.ClH/c1-3-15-4-6-16(7-5-15)18(25)24-20-17(8-13-27-20)19(26)23-14-21(2)9-11-22-12-10-21;/h4-8,13,22H,3,9-12,14H2,1-2H3,(H,23,26)(H,24,25);1H. The second-order valence-electron chi connectivity index (χ2n) is 7.41. The van der Waals surface area contributed by atoms with Crippen LogP contribution in [0.5, 0.6) is 0 Å². The molecule has 2 aromatic rings. The predicted octanol–water partition coefficient (Wildman–Crippen LogP) is 4.10. The Hall–Kier alpha value is -1.89. The van der Waals surface area contributed by atoms with Crippen LogP contribution in [0.15, 0.2) is 35.7 Å². The van der Waals surface area contributed by atoms with Gasteiger partial charge in [0.1, 0.15) is 5.00 Å². The molecule has 0 radical (unpaired) electrons. The van der Waals surface area contributed by atoms with E-state index in [-0.39, 0.29) is 29.6 Å². The van der Waals surface area contributed by atoms with Gasteiger partial charge >= 0.3 is 0 Å². The molecule has 0 unspecified atom stereocenters. The quantitative estimate of drug-likeness (QED) is 0.657. The average Bonchev–Trinajstić information content (AvgIpc) is 3.15. The third kappa shape index (κ3) is 5.56. The van der Waals surface area contributed by atoms with Crippen LogP contribution in [0.2, 0.25) is 0 Å². The summed E-state index contributed by atoms with van der Waals surface area (Å²) < 4.78 is 0. The molecule has 3 rings (SSSR count). The van der Waals surface area contributed by atoms with Crippen molar-refractivity contribution in [2.45, 2.75) is 33.1 Å². The largest absolute Gasteiger partial charge is 0.351 e. The lowest BCUT2D eigenvalue weighted by Crippen LogP contribution is -2.42. The van der Waals surface area contributed by atoms with Crippen LogP contribution in [0.25, 0.3) is 0 Å². The Bertz CT molecular complexity index is 798. The lowest BCUT2D eigenvalue weighted by molar-refractivity contribution is 0.0923. The second-order valence-corrected chi connectivity index (χ2v) is 8.33. The van der Waals surface area contributed by atoms with Crippen LogP contribution in [-0.2, 0) is 6.42 Å². The molecule has 1 saturated heterocycles. The normalized spacial score (nSPS) is 15.4. The molecule has 2 amide bonds. The van der Waals surface area contributed by atoms with Gasteiger partial charge in [-0.3, -0.25) is 9.59 Å². The van der Waals surface area contributed by atoms with Crippen LogP contribution in [0, 0.1) is 5.41 Å². The summed E-state index contributed by atoms with van der Waals surface area (Å²) in [7, 11) is 0. The predicted molar refractivity (Wildman–Crippen MR) is 118 cm³/mol. The zero-order valence-corrected chi connectivity index (χ0v) is 18.0. The molecule has 1 aliphatic heterocycles. The number of anilines is 1. The van der Waals surface area contributed by atoms with E-state index in [0.717, 1.165) is 32.4 Å². The molecule has 5 nitrogen and oxygen atoms in total. The molecule has 1 aromatic carbocycles. The third-order valence-electron chi connectivity index (χ3n) is 5.25. The summed E-state index contributed by atoms with van der Waals surface area (Å²) in [5.74, 6) is -0.327. The number of rotatable bonds is 6. The van der Waals surface area contributed by atoms with E-state index in [1.807, 2.05) is 29.6 Å². The first kappa shape index (κ1) is 22.4. The summed E-state index contributed by atoms with van der Waals surface area (Å²) in [5.41, 5.74) is 2.43. The van der Waals surface area contributed by atoms with Crippen molar-refractivity contribution in [3.63, 3.8) is 0 Å². The van der Waals surface area contributed by atoms with E-state index in [2.05, 4.69) is 29.8 Å². The highest BCUT2D eigenvalue weighted by Crippen LogP contribution is 2.28. The van der Waals surface area contributed by atoms with E-state index < -0.39 is 0 Å². The van der Waals surface area contributed by atoms with Gasteiger partial charge in [0.2, 0.25) is 0 Å². The maximum Gasteiger partial charge on any atom is 0.256 e. The molecule has 1 aliphatic rings. The van der Waals surface area contributed by atoms with Crippen molar-refractivity contribution in [3.05, 3.63) is 52.4 Å². The van der Waals surface area contributed by atoms with Crippen molar-refractivity contribution < 1.29 is 9.59 Å². The van der Waals surface area contributed by atoms with Crippen LogP contribution in [0.3, 0.4) is 0 Å². The van der Waals surface area contributed by atoms with Crippen LogP contribution in [-0.4, -0.2) is 31.4 Å². The van der Waals surface area contributed by atoms with E-state index in [1.54, 1.807) is 6.07 Å². The van der Waals surface area contributed by atoms with E-state index in [1.165, 1.54) is 16.9 Å². The minimum atomic E-state index is -0.195. The Morgan fingerprint density at radius 2 is 1.79 bits per heavy atom. The molecular formula is C21H28ClN3O2S. The number of carbonyl (C=O) groups is 2. The fourth-order valence-electron chi connectivity index (χ4n) is 3.25. The highest BCUT2D eigenvalue weighted by Gasteiger charge is 2.27. The van der Waals surface area contributed by atoms with Crippen molar-refractivity contribution in [2.24, 2.45) is 5.41 Å². The highest BCUT2D eigenvalue weighted by atomic mass is 35.5. The van der Waals surface area contributed by atoms with Gasteiger partial charge in [-0.05, 0) is 66.9 Å².